The van der Waals surface area contributed by atoms with Crippen molar-refractivity contribution in [2.45, 2.75) is 39.9 Å². The number of hydrogen-bond donors (Lipinski definition) is 1. The lowest BCUT2D eigenvalue weighted by Crippen LogP contribution is -2.22. The predicted molar refractivity (Wildman–Crippen MR) is 88.6 cm³/mol. The quantitative estimate of drug-likeness (QED) is 0.829. The summed E-state index contributed by atoms with van der Waals surface area (Å²) in [6.45, 7) is 8.55. The molecule has 0 bridgehead atoms. The molecule has 1 aromatic carbocycles. The van der Waals surface area contributed by atoms with E-state index in [0.29, 0.717) is 12.6 Å². The number of imidazole rings is 1. The first kappa shape index (κ1) is 16.0. The number of nitrogens with zero attached hydrogens (tertiary/aromatic N) is 2. The van der Waals surface area contributed by atoms with Crippen molar-refractivity contribution < 1.29 is 4.74 Å². The topological polar surface area (TPSA) is 39.1 Å². The fraction of sp³-hybridized carbons (Fsp3) is 0.438. The molecule has 0 aliphatic heterocycles. The molecule has 0 fully saturated rings. The van der Waals surface area contributed by atoms with Crippen LogP contribution in [0.15, 0.2) is 35.1 Å². The van der Waals surface area contributed by atoms with Crippen LogP contribution in [0.4, 0.5) is 0 Å². The lowest BCUT2D eigenvalue weighted by atomic mass is 10.2. The van der Waals surface area contributed by atoms with Crippen LogP contribution in [-0.2, 0) is 13.1 Å². The van der Waals surface area contributed by atoms with Gasteiger partial charge in [0.05, 0.1) is 6.54 Å². The van der Waals surface area contributed by atoms with E-state index < -0.39 is 0 Å². The summed E-state index contributed by atoms with van der Waals surface area (Å²) in [5, 5.41) is 3.42. The van der Waals surface area contributed by atoms with Crippen molar-refractivity contribution in [3.8, 4) is 5.75 Å². The minimum Gasteiger partial charge on any atom is -0.492 e. The van der Waals surface area contributed by atoms with Crippen LogP contribution in [0.25, 0.3) is 0 Å². The van der Waals surface area contributed by atoms with Crippen molar-refractivity contribution in [2.75, 3.05) is 6.61 Å². The van der Waals surface area contributed by atoms with Crippen molar-refractivity contribution in [3.63, 3.8) is 0 Å². The summed E-state index contributed by atoms with van der Waals surface area (Å²) >= 11 is 3.58. The maximum absolute atomic E-state index is 5.84. The number of ether oxygens (including phenoxy) is 1. The molecular formula is C16H22BrN3O. The summed E-state index contributed by atoms with van der Waals surface area (Å²) in [5.41, 5.74) is 1.21. The second-order valence-electron chi connectivity index (χ2n) is 5.31. The molecule has 4 nitrogen and oxygen atoms in total. The molecule has 0 unspecified atom stereocenters. The van der Waals surface area contributed by atoms with Gasteiger partial charge in [0.2, 0.25) is 0 Å². The van der Waals surface area contributed by atoms with Gasteiger partial charge in [-0.1, -0.05) is 29.8 Å². The number of aromatic nitrogens is 2. The lowest BCUT2D eigenvalue weighted by Gasteiger charge is -2.13. The molecule has 0 amide bonds. The minimum absolute atomic E-state index is 0.464. The molecule has 0 aliphatic carbocycles. The molecule has 0 aliphatic rings. The maximum atomic E-state index is 5.84. The largest absolute Gasteiger partial charge is 0.492 e. The van der Waals surface area contributed by atoms with Crippen LogP contribution in [0.1, 0.15) is 25.2 Å². The summed E-state index contributed by atoms with van der Waals surface area (Å²) < 4.78 is 9.03. The van der Waals surface area contributed by atoms with Crippen LogP contribution in [0.2, 0.25) is 0 Å². The third-order valence-corrected chi connectivity index (χ3v) is 4.02. The molecule has 1 heterocycles. The zero-order valence-electron chi connectivity index (χ0n) is 12.8. The smallest absolute Gasteiger partial charge is 0.119 e. The number of nitrogens with one attached hydrogen (secondary N) is 1. The Morgan fingerprint density at radius 1 is 1.38 bits per heavy atom. The fourth-order valence-electron chi connectivity index (χ4n) is 1.99. The highest BCUT2D eigenvalue weighted by Crippen LogP contribution is 2.22. The van der Waals surface area contributed by atoms with E-state index in [4.69, 9.17) is 4.74 Å². The molecule has 0 atom stereocenters. The Bertz CT molecular complexity index is 581. The second-order valence-corrected chi connectivity index (χ2v) is 6.16. The van der Waals surface area contributed by atoms with E-state index in [2.05, 4.69) is 50.7 Å². The van der Waals surface area contributed by atoms with Gasteiger partial charge < -0.3 is 14.6 Å². The summed E-state index contributed by atoms with van der Waals surface area (Å²) in [5.74, 6) is 1.91. The first-order valence-corrected chi connectivity index (χ1v) is 7.98. The molecule has 1 aromatic heterocycles. The Balaban J connectivity index is 1.91. The van der Waals surface area contributed by atoms with Gasteiger partial charge in [-0.15, -0.1) is 0 Å². The monoisotopic (exact) mass is 351 g/mol. The minimum atomic E-state index is 0.464. The van der Waals surface area contributed by atoms with Crippen LogP contribution in [-0.4, -0.2) is 22.2 Å². The van der Waals surface area contributed by atoms with E-state index in [1.165, 1.54) is 5.56 Å². The SMILES string of the molecule is Cc1nccn1CCOc1ccc(Br)c(CNC(C)C)c1. The summed E-state index contributed by atoms with van der Waals surface area (Å²) in [6, 6.07) is 6.57. The summed E-state index contributed by atoms with van der Waals surface area (Å²) in [6.07, 6.45) is 3.78. The molecule has 0 saturated carbocycles. The Labute approximate surface area is 134 Å². The molecule has 0 radical (unpaired) electrons. The first-order chi connectivity index (χ1) is 10.1. The van der Waals surface area contributed by atoms with Crippen molar-refractivity contribution in [1.82, 2.24) is 14.9 Å². The van der Waals surface area contributed by atoms with Gasteiger partial charge >= 0.3 is 0 Å². The van der Waals surface area contributed by atoms with Crippen LogP contribution in [0.3, 0.4) is 0 Å². The Morgan fingerprint density at radius 2 is 2.19 bits per heavy atom. The zero-order valence-corrected chi connectivity index (χ0v) is 14.4. The van der Waals surface area contributed by atoms with Crippen molar-refractivity contribution in [2.24, 2.45) is 0 Å². The van der Waals surface area contributed by atoms with Gasteiger partial charge in [-0.2, -0.15) is 0 Å². The highest BCUT2D eigenvalue weighted by Gasteiger charge is 2.04. The van der Waals surface area contributed by atoms with Crippen LogP contribution < -0.4 is 10.1 Å². The average Bonchev–Trinajstić information content (AvgIpc) is 2.84. The third-order valence-electron chi connectivity index (χ3n) is 3.24. The standard InChI is InChI=1S/C16H22BrN3O/c1-12(2)19-11-14-10-15(4-5-16(14)17)21-9-8-20-7-6-18-13(20)3/h4-7,10,12,19H,8-9,11H2,1-3H3. The lowest BCUT2D eigenvalue weighted by molar-refractivity contribution is 0.296. The molecule has 0 spiro atoms. The Kier molecular flexibility index (Phi) is 5.82. The van der Waals surface area contributed by atoms with E-state index >= 15 is 0 Å². The van der Waals surface area contributed by atoms with Crippen LogP contribution in [0.5, 0.6) is 5.75 Å². The number of rotatable bonds is 7. The molecular weight excluding hydrogens is 330 g/mol. The van der Waals surface area contributed by atoms with Crippen LogP contribution >= 0.6 is 15.9 Å². The van der Waals surface area contributed by atoms with Crippen molar-refractivity contribution >= 4 is 15.9 Å². The molecule has 0 saturated heterocycles. The van der Waals surface area contributed by atoms with Gasteiger partial charge in [-0.05, 0) is 30.7 Å². The fourth-order valence-corrected chi connectivity index (χ4v) is 2.38. The first-order valence-electron chi connectivity index (χ1n) is 7.18. The van der Waals surface area contributed by atoms with E-state index in [1.807, 2.05) is 31.5 Å². The van der Waals surface area contributed by atoms with Gasteiger partial charge in [-0.3, -0.25) is 0 Å². The Hall–Kier alpha value is -1.33. The molecule has 21 heavy (non-hydrogen) atoms. The van der Waals surface area contributed by atoms with E-state index in [9.17, 15) is 0 Å². The number of aryl methyl sites for hydroxylation is 1. The van der Waals surface area contributed by atoms with Crippen molar-refractivity contribution in [1.29, 1.82) is 0 Å². The number of benzene rings is 1. The van der Waals surface area contributed by atoms with E-state index in [-0.39, 0.29) is 0 Å². The second kappa shape index (κ2) is 7.61. The summed E-state index contributed by atoms with van der Waals surface area (Å²) in [7, 11) is 0. The van der Waals surface area contributed by atoms with Gasteiger partial charge in [-0.25, -0.2) is 4.98 Å². The van der Waals surface area contributed by atoms with E-state index in [0.717, 1.165) is 29.1 Å². The molecule has 5 heteroatoms. The predicted octanol–water partition coefficient (Wildman–Crippen LogP) is 3.53. The molecule has 114 valence electrons. The normalized spacial score (nSPS) is 11.1. The average molecular weight is 352 g/mol. The van der Waals surface area contributed by atoms with Crippen molar-refractivity contribution in [3.05, 3.63) is 46.5 Å². The van der Waals surface area contributed by atoms with Gasteiger partial charge in [0.15, 0.2) is 0 Å². The molecule has 2 rings (SSSR count). The zero-order chi connectivity index (χ0) is 15.2. The van der Waals surface area contributed by atoms with Gasteiger partial charge in [0.1, 0.15) is 18.2 Å². The maximum Gasteiger partial charge on any atom is 0.119 e. The highest BCUT2D eigenvalue weighted by molar-refractivity contribution is 9.10. The van der Waals surface area contributed by atoms with Crippen LogP contribution in [0, 0.1) is 6.92 Å². The van der Waals surface area contributed by atoms with Gasteiger partial charge in [0.25, 0.3) is 0 Å². The third kappa shape index (κ3) is 4.86. The summed E-state index contributed by atoms with van der Waals surface area (Å²) in [4.78, 5) is 4.20. The Morgan fingerprint density at radius 3 is 2.86 bits per heavy atom. The van der Waals surface area contributed by atoms with E-state index in [1.54, 1.807) is 0 Å². The van der Waals surface area contributed by atoms with Gasteiger partial charge in [0, 0.05) is 29.5 Å². The highest BCUT2D eigenvalue weighted by atomic mass is 79.9. The number of hydrogen-bond acceptors (Lipinski definition) is 3. The molecule has 2 aromatic rings. The number of halogens is 1. The molecule has 1 N–H and O–H groups in total.